The first kappa shape index (κ1) is 30.5. The first-order valence-electron chi connectivity index (χ1n) is 13.5. The van der Waals surface area contributed by atoms with E-state index in [2.05, 4.69) is 25.8 Å². The number of phenolic OH excluding ortho intramolecular Hbond substituents is 1. The molecule has 0 unspecified atom stereocenters. The van der Waals surface area contributed by atoms with Gasteiger partial charge in [-0.25, -0.2) is 16.8 Å². The number of nitrogens with zero attached hydrogens (tertiary/aromatic N) is 4. The molecule has 6 aromatic rings. The number of nitrogens with one attached hydrogen (secondary N) is 1. The van der Waals surface area contributed by atoms with Crippen molar-refractivity contribution in [3.8, 4) is 5.75 Å². The molecule has 0 aliphatic heterocycles. The van der Waals surface area contributed by atoms with Crippen molar-refractivity contribution in [1.29, 1.82) is 0 Å². The van der Waals surface area contributed by atoms with Crippen molar-refractivity contribution in [1.82, 2.24) is 0 Å². The average Bonchev–Trinajstić information content (AvgIpc) is 3.03. The summed E-state index contributed by atoms with van der Waals surface area (Å²) in [5, 5.41) is 32.5. The number of azo groups is 2. The minimum absolute atomic E-state index is 0.0783. The van der Waals surface area contributed by atoms with Gasteiger partial charge >= 0.3 is 0 Å². The van der Waals surface area contributed by atoms with E-state index in [0.717, 1.165) is 12.1 Å². The molecule has 12 nitrogen and oxygen atoms in total. The standard InChI is InChI=1S/C32H23N5O7S2/c38-30-17-10-20-18-23(45(39,40)41)12-13-24(20)32(30)37-36-28-16-15-27(25-8-4-5-9-26(25)28)35-34-22-11-14-29(31(19-22)46(42,43)44)33-21-6-2-1-3-7-21/h1-19,33,38H,(H,39,40,41)(H,42,43,44)/p-2. The molecule has 230 valence electrons. The van der Waals surface area contributed by atoms with Crippen molar-refractivity contribution >= 4 is 75.9 Å². The van der Waals surface area contributed by atoms with E-state index in [0.29, 0.717) is 38.6 Å². The molecule has 0 aliphatic carbocycles. The molecule has 14 heteroatoms. The number of hydrogen-bond donors (Lipinski definition) is 2. The van der Waals surface area contributed by atoms with Crippen LogP contribution in [0.3, 0.4) is 0 Å². The van der Waals surface area contributed by atoms with Crippen molar-refractivity contribution in [2.45, 2.75) is 9.79 Å². The predicted molar refractivity (Wildman–Crippen MR) is 170 cm³/mol. The summed E-state index contributed by atoms with van der Waals surface area (Å²) in [6.45, 7) is 0. The monoisotopic (exact) mass is 651 g/mol. The average molecular weight is 652 g/mol. The lowest BCUT2D eigenvalue weighted by Gasteiger charge is -2.15. The molecular weight excluding hydrogens is 631 g/mol. The Morgan fingerprint density at radius 3 is 1.89 bits per heavy atom. The zero-order valence-corrected chi connectivity index (χ0v) is 25.1. The Bertz CT molecular complexity index is 2420. The third-order valence-electron chi connectivity index (χ3n) is 6.93. The smallest absolute Gasteiger partial charge is 0.143 e. The largest absolute Gasteiger partial charge is 0.744 e. The summed E-state index contributed by atoms with van der Waals surface area (Å²) >= 11 is 0. The number of rotatable bonds is 8. The van der Waals surface area contributed by atoms with E-state index >= 15 is 0 Å². The van der Waals surface area contributed by atoms with Gasteiger partial charge < -0.3 is 19.5 Å². The Kier molecular flexibility index (Phi) is 8.02. The van der Waals surface area contributed by atoms with Gasteiger partial charge in [-0.2, -0.15) is 5.11 Å². The molecule has 0 radical (unpaired) electrons. The molecule has 6 aromatic carbocycles. The van der Waals surface area contributed by atoms with Crippen LogP contribution in [0.25, 0.3) is 21.5 Å². The van der Waals surface area contributed by atoms with Crippen LogP contribution < -0.4 is 5.32 Å². The van der Waals surface area contributed by atoms with Gasteiger partial charge in [-0.3, -0.25) is 0 Å². The molecule has 6 rings (SSSR count). The third-order valence-corrected chi connectivity index (χ3v) is 8.63. The van der Waals surface area contributed by atoms with Crippen molar-refractivity contribution < 1.29 is 31.0 Å². The van der Waals surface area contributed by atoms with Gasteiger partial charge in [-0.05, 0) is 66.0 Å². The van der Waals surface area contributed by atoms with E-state index < -0.39 is 30.0 Å². The second-order valence-corrected chi connectivity index (χ2v) is 12.7. The van der Waals surface area contributed by atoms with Gasteiger partial charge in [-0.1, -0.05) is 54.6 Å². The molecule has 0 amide bonds. The maximum absolute atomic E-state index is 12.1. The molecule has 2 N–H and O–H groups in total. The Hall–Kier alpha value is -5.54. The minimum atomic E-state index is -4.85. The van der Waals surface area contributed by atoms with Crippen molar-refractivity contribution in [3.63, 3.8) is 0 Å². The van der Waals surface area contributed by atoms with Crippen molar-refractivity contribution in [2.24, 2.45) is 20.5 Å². The summed E-state index contributed by atoms with van der Waals surface area (Å²) in [5.74, 6) is -0.201. The fraction of sp³-hybridized carbons (Fsp3) is 0. The van der Waals surface area contributed by atoms with Gasteiger partial charge in [0.2, 0.25) is 0 Å². The van der Waals surface area contributed by atoms with Gasteiger partial charge in [0.1, 0.15) is 31.7 Å². The molecule has 0 bridgehead atoms. The van der Waals surface area contributed by atoms with E-state index in [-0.39, 0.29) is 22.8 Å². The molecule has 0 spiro atoms. The number of hydrogen-bond acceptors (Lipinski definition) is 12. The maximum Gasteiger partial charge on any atom is 0.143 e. The molecule has 0 fully saturated rings. The van der Waals surface area contributed by atoms with Gasteiger partial charge in [-0.15, -0.1) is 15.3 Å². The Balaban J connectivity index is 1.34. The van der Waals surface area contributed by atoms with E-state index in [1.54, 1.807) is 66.7 Å². The van der Waals surface area contributed by atoms with Crippen LogP contribution in [0.4, 0.5) is 34.1 Å². The molecule has 0 heterocycles. The fourth-order valence-corrected chi connectivity index (χ4v) is 5.92. The zero-order chi connectivity index (χ0) is 32.5. The van der Waals surface area contributed by atoms with Gasteiger partial charge in [0, 0.05) is 21.8 Å². The lowest BCUT2D eigenvalue weighted by atomic mass is 10.1. The van der Waals surface area contributed by atoms with Crippen LogP contribution in [-0.2, 0) is 20.2 Å². The summed E-state index contributed by atoms with van der Waals surface area (Å²) in [5.41, 5.74) is 1.76. The number of fused-ring (bicyclic) bond motifs is 2. The molecule has 0 atom stereocenters. The van der Waals surface area contributed by atoms with E-state index in [1.165, 1.54) is 36.4 Å². The highest BCUT2D eigenvalue weighted by Crippen LogP contribution is 2.40. The first-order valence-corrected chi connectivity index (χ1v) is 16.3. The van der Waals surface area contributed by atoms with Crippen molar-refractivity contribution in [3.05, 3.63) is 115 Å². The van der Waals surface area contributed by atoms with E-state index in [4.69, 9.17) is 0 Å². The van der Waals surface area contributed by atoms with Crippen LogP contribution in [0.2, 0.25) is 0 Å². The van der Waals surface area contributed by atoms with Crippen LogP contribution in [0, 0.1) is 0 Å². The summed E-state index contributed by atoms with van der Waals surface area (Å²) in [6, 6.07) is 29.8. The molecular formula is C32H21N5O7S2-2. The van der Waals surface area contributed by atoms with E-state index in [1.807, 2.05) is 0 Å². The van der Waals surface area contributed by atoms with Crippen LogP contribution in [0.5, 0.6) is 5.75 Å². The summed E-state index contributed by atoms with van der Waals surface area (Å²) in [7, 11) is -9.52. The predicted octanol–water partition coefficient (Wildman–Crippen LogP) is 8.08. The number of aromatic hydroxyl groups is 1. The Labute approximate surface area is 262 Å². The highest BCUT2D eigenvalue weighted by molar-refractivity contribution is 7.86. The highest BCUT2D eigenvalue weighted by atomic mass is 32.2. The Morgan fingerprint density at radius 2 is 1.24 bits per heavy atom. The quantitative estimate of drug-likeness (QED) is 0.122. The van der Waals surface area contributed by atoms with Gasteiger partial charge in [0.15, 0.2) is 0 Å². The second kappa shape index (κ2) is 12.1. The van der Waals surface area contributed by atoms with Crippen molar-refractivity contribution in [2.75, 3.05) is 5.32 Å². The molecule has 46 heavy (non-hydrogen) atoms. The van der Waals surface area contributed by atoms with Crippen LogP contribution >= 0.6 is 0 Å². The van der Waals surface area contributed by atoms with Crippen LogP contribution in [0.15, 0.2) is 146 Å². The zero-order valence-electron chi connectivity index (χ0n) is 23.5. The summed E-state index contributed by atoms with van der Waals surface area (Å²) in [4.78, 5) is -0.883. The summed E-state index contributed by atoms with van der Waals surface area (Å²) in [6.07, 6.45) is 0. The van der Waals surface area contributed by atoms with E-state index in [9.17, 15) is 31.0 Å². The number of phenols is 1. The Morgan fingerprint density at radius 1 is 0.587 bits per heavy atom. The van der Waals surface area contributed by atoms with Crippen LogP contribution in [-0.4, -0.2) is 31.0 Å². The van der Waals surface area contributed by atoms with Gasteiger partial charge in [0.25, 0.3) is 0 Å². The molecule has 0 saturated heterocycles. The lowest BCUT2D eigenvalue weighted by molar-refractivity contribution is 0.461. The molecule has 0 saturated carbocycles. The first-order chi connectivity index (χ1) is 22.0. The molecule has 0 aliphatic rings. The van der Waals surface area contributed by atoms with Gasteiger partial charge in [0.05, 0.1) is 32.5 Å². The fourth-order valence-electron chi connectivity index (χ4n) is 4.76. The SMILES string of the molecule is O=S(=O)([O-])c1ccc2c(N=Nc3ccc(N=Nc4ccc(Nc5ccccc5)c(S(=O)(=O)[O-])c4)c4ccccc34)c(O)ccc2c1. The highest BCUT2D eigenvalue weighted by Gasteiger charge is 2.13. The number of para-hydroxylation sites is 1. The number of benzene rings is 6. The number of anilines is 2. The second-order valence-electron chi connectivity index (χ2n) is 9.95. The maximum atomic E-state index is 12.1. The lowest BCUT2D eigenvalue weighted by Crippen LogP contribution is -2.03. The normalized spacial score (nSPS) is 12.4. The molecule has 0 aromatic heterocycles. The topological polar surface area (TPSA) is 196 Å². The minimum Gasteiger partial charge on any atom is -0.744 e. The van der Waals surface area contributed by atoms with Crippen LogP contribution in [0.1, 0.15) is 0 Å². The third kappa shape index (κ3) is 6.45. The summed E-state index contributed by atoms with van der Waals surface area (Å²) < 4.78 is 70.5.